The van der Waals surface area contributed by atoms with Crippen molar-refractivity contribution in [1.82, 2.24) is 10.2 Å². The van der Waals surface area contributed by atoms with Crippen LogP contribution < -0.4 is 16.0 Å². The van der Waals surface area contributed by atoms with Crippen LogP contribution in [0.2, 0.25) is 5.02 Å². The second-order valence-corrected chi connectivity index (χ2v) is 6.68. The van der Waals surface area contributed by atoms with Crippen molar-refractivity contribution in [3.05, 3.63) is 29.3 Å². The standard InChI is InChI=1S/C17H27ClN4O/c1-13(14(2)19)17(23)20-6-7-21-8-10-22(11-9-21)16-5-3-4-15(18)12-16/h3-5,12-14H,6-11,19H2,1-2H3,(H,20,23). The van der Waals surface area contributed by atoms with E-state index in [1.165, 1.54) is 5.69 Å². The molecule has 0 saturated carbocycles. The van der Waals surface area contributed by atoms with Gasteiger partial charge in [0, 0.05) is 61.9 Å². The van der Waals surface area contributed by atoms with Crippen molar-refractivity contribution in [2.24, 2.45) is 11.7 Å². The molecule has 0 spiro atoms. The van der Waals surface area contributed by atoms with Crippen LogP contribution in [0.15, 0.2) is 24.3 Å². The third-order valence-electron chi connectivity index (χ3n) is 4.48. The monoisotopic (exact) mass is 338 g/mol. The molecule has 23 heavy (non-hydrogen) atoms. The van der Waals surface area contributed by atoms with Crippen molar-refractivity contribution in [3.63, 3.8) is 0 Å². The molecule has 1 aliphatic heterocycles. The van der Waals surface area contributed by atoms with Crippen LogP contribution in [0.25, 0.3) is 0 Å². The van der Waals surface area contributed by atoms with Crippen LogP contribution >= 0.6 is 11.6 Å². The maximum absolute atomic E-state index is 11.9. The minimum absolute atomic E-state index is 0.0394. The topological polar surface area (TPSA) is 61.6 Å². The summed E-state index contributed by atoms with van der Waals surface area (Å²) in [4.78, 5) is 16.6. The van der Waals surface area contributed by atoms with Crippen molar-refractivity contribution in [2.75, 3.05) is 44.2 Å². The number of halogens is 1. The lowest BCUT2D eigenvalue weighted by atomic mass is 10.0. The molecule has 1 aromatic carbocycles. The average Bonchev–Trinajstić information content (AvgIpc) is 2.54. The molecule has 5 nitrogen and oxygen atoms in total. The van der Waals surface area contributed by atoms with Crippen molar-refractivity contribution >= 4 is 23.2 Å². The summed E-state index contributed by atoms with van der Waals surface area (Å²) < 4.78 is 0. The Balaban J connectivity index is 1.70. The highest BCUT2D eigenvalue weighted by atomic mass is 35.5. The Hall–Kier alpha value is -1.30. The maximum Gasteiger partial charge on any atom is 0.224 e. The first-order chi connectivity index (χ1) is 11.0. The van der Waals surface area contributed by atoms with Crippen LogP contribution in [0.5, 0.6) is 0 Å². The fourth-order valence-electron chi connectivity index (χ4n) is 2.64. The number of hydrogen-bond acceptors (Lipinski definition) is 4. The molecule has 2 unspecified atom stereocenters. The van der Waals surface area contributed by atoms with Gasteiger partial charge in [-0.2, -0.15) is 0 Å². The molecule has 1 saturated heterocycles. The fourth-order valence-corrected chi connectivity index (χ4v) is 2.82. The fraction of sp³-hybridized carbons (Fsp3) is 0.588. The first-order valence-electron chi connectivity index (χ1n) is 8.23. The average molecular weight is 339 g/mol. The summed E-state index contributed by atoms with van der Waals surface area (Å²) in [5.41, 5.74) is 6.92. The van der Waals surface area contributed by atoms with Crippen molar-refractivity contribution < 1.29 is 4.79 Å². The van der Waals surface area contributed by atoms with Crippen LogP contribution in [0.1, 0.15) is 13.8 Å². The highest BCUT2D eigenvalue weighted by molar-refractivity contribution is 6.30. The smallest absolute Gasteiger partial charge is 0.224 e. The quantitative estimate of drug-likeness (QED) is 0.826. The van der Waals surface area contributed by atoms with E-state index in [-0.39, 0.29) is 17.9 Å². The lowest BCUT2D eigenvalue weighted by molar-refractivity contribution is -0.124. The number of amides is 1. The molecule has 6 heteroatoms. The van der Waals surface area contributed by atoms with Gasteiger partial charge >= 0.3 is 0 Å². The summed E-state index contributed by atoms with van der Waals surface area (Å²) in [6.45, 7) is 9.21. The Kier molecular flexibility index (Phi) is 6.69. The molecule has 3 N–H and O–H groups in total. The van der Waals surface area contributed by atoms with Crippen LogP contribution in [0.3, 0.4) is 0 Å². The number of hydrogen-bond donors (Lipinski definition) is 2. The van der Waals surface area contributed by atoms with Crippen LogP contribution in [0.4, 0.5) is 5.69 Å². The summed E-state index contributed by atoms with van der Waals surface area (Å²) >= 11 is 6.05. The van der Waals surface area contributed by atoms with Gasteiger partial charge in [0.1, 0.15) is 0 Å². The van der Waals surface area contributed by atoms with Gasteiger partial charge in [-0.15, -0.1) is 0 Å². The SMILES string of the molecule is CC(N)C(C)C(=O)NCCN1CCN(c2cccc(Cl)c2)CC1. The Bertz CT molecular complexity index is 515. The molecule has 2 atom stereocenters. The number of piperazine rings is 1. The van der Waals surface area contributed by atoms with Gasteiger partial charge in [0.05, 0.1) is 0 Å². The second kappa shape index (κ2) is 8.52. The van der Waals surface area contributed by atoms with Gasteiger partial charge in [0.25, 0.3) is 0 Å². The van der Waals surface area contributed by atoms with E-state index in [0.717, 1.165) is 37.7 Å². The summed E-state index contributed by atoms with van der Waals surface area (Å²) in [6.07, 6.45) is 0. The molecule has 128 valence electrons. The van der Waals surface area contributed by atoms with Crippen LogP contribution in [-0.2, 0) is 4.79 Å². The minimum atomic E-state index is -0.144. The second-order valence-electron chi connectivity index (χ2n) is 6.25. The molecule has 1 fully saturated rings. The predicted molar refractivity (Wildman–Crippen MR) is 95.9 cm³/mol. The maximum atomic E-state index is 11.9. The Morgan fingerprint density at radius 2 is 2.00 bits per heavy atom. The summed E-state index contributed by atoms with van der Waals surface area (Å²) in [7, 11) is 0. The molecular formula is C17H27ClN4O. The number of anilines is 1. The third-order valence-corrected chi connectivity index (χ3v) is 4.71. The molecular weight excluding hydrogens is 312 g/mol. The van der Waals surface area contributed by atoms with E-state index < -0.39 is 0 Å². The van der Waals surface area contributed by atoms with Crippen molar-refractivity contribution in [3.8, 4) is 0 Å². The van der Waals surface area contributed by atoms with E-state index >= 15 is 0 Å². The van der Waals surface area contributed by atoms with E-state index in [2.05, 4.69) is 21.2 Å². The normalized spacial score (nSPS) is 18.5. The number of carbonyl (C=O) groups is 1. The number of carbonyl (C=O) groups excluding carboxylic acids is 1. The van der Waals surface area contributed by atoms with Gasteiger partial charge in [-0.25, -0.2) is 0 Å². The molecule has 0 aromatic heterocycles. The molecule has 2 rings (SSSR count). The Morgan fingerprint density at radius 1 is 1.30 bits per heavy atom. The van der Waals surface area contributed by atoms with Gasteiger partial charge < -0.3 is 16.0 Å². The zero-order valence-corrected chi connectivity index (χ0v) is 14.7. The Morgan fingerprint density at radius 3 is 2.61 bits per heavy atom. The van der Waals surface area contributed by atoms with Crippen LogP contribution in [-0.4, -0.2) is 56.1 Å². The first kappa shape index (κ1) is 18.0. The largest absolute Gasteiger partial charge is 0.369 e. The number of nitrogens with two attached hydrogens (primary N) is 1. The third kappa shape index (κ3) is 5.37. The van der Waals surface area contributed by atoms with Gasteiger partial charge in [0.2, 0.25) is 5.91 Å². The first-order valence-corrected chi connectivity index (χ1v) is 8.61. The molecule has 1 aliphatic rings. The zero-order valence-electron chi connectivity index (χ0n) is 14.0. The zero-order chi connectivity index (χ0) is 16.8. The van der Waals surface area contributed by atoms with E-state index in [1.807, 2.05) is 32.0 Å². The van der Waals surface area contributed by atoms with Gasteiger partial charge in [-0.1, -0.05) is 24.6 Å². The molecule has 0 radical (unpaired) electrons. The Labute approximate surface area is 143 Å². The van der Waals surface area contributed by atoms with E-state index in [9.17, 15) is 4.79 Å². The number of rotatable bonds is 6. The van der Waals surface area contributed by atoms with Gasteiger partial charge in [-0.3, -0.25) is 9.69 Å². The lowest BCUT2D eigenvalue weighted by Gasteiger charge is -2.36. The number of benzene rings is 1. The number of nitrogens with one attached hydrogen (secondary N) is 1. The van der Waals surface area contributed by atoms with Gasteiger partial charge in [-0.05, 0) is 25.1 Å². The highest BCUT2D eigenvalue weighted by Gasteiger charge is 2.19. The molecule has 1 amide bonds. The molecule has 1 aromatic rings. The highest BCUT2D eigenvalue weighted by Crippen LogP contribution is 2.20. The molecule has 0 aliphatic carbocycles. The van der Waals surface area contributed by atoms with Crippen molar-refractivity contribution in [2.45, 2.75) is 19.9 Å². The van der Waals surface area contributed by atoms with Crippen LogP contribution in [0, 0.1) is 5.92 Å². The van der Waals surface area contributed by atoms with Crippen molar-refractivity contribution in [1.29, 1.82) is 0 Å². The van der Waals surface area contributed by atoms with Gasteiger partial charge in [0.15, 0.2) is 0 Å². The summed E-state index contributed by atoms with van der Waals surface area (Å²) in [5, 5.41) is 3.74. The number of nitrogens with zero attached hydrogens (tertiary/aromatic N) is 2. The molecule has 1 heterocycles. The summed E-state index contributed by atoms with van der Waals surface area (Å²) in [6, 6.07) is 7.87. The van der Waals surface area contributed by atoms with E-state index in [4.69, 9.17) is 17.3 Å². The van der Waals surface area contributed by atoms with E-state index in [1.54, 1.807) is 0 Å². The predicted octanol–water partition coefficient (Wildman–Crippen LogP) is 1.56. The lowest BCUT2D eigenvalue weighted by Crippen LogP contribution is -2.49. The van der Waals surface area contributed by atoms with E-state index in [0.29, 0.717) is 6.54 Å². The minimum Gasteiger partial charge on any atom is -0.369 e. The molecule has 0 bridgehead atoms. The summed E-state index contributed by atoms with van der Waals surface area (Å²) in [5.74, 6) is -0.104.